The molecule has 12 nitrogen and oxygen atoms in total. The predicted molar refractivity (Wildman–Crippen MR) is 171 cm³/mol. The van der Waals surface area contributed by atoms with Gasteiger partial charge in [0.25, 0.3) is 0 Å². The van der Waals surface area contributed by atoms with Crippen molar-refractivity contribution in [2.24, 2.45) is 0 Å². The number of fused-ring (bicyclic) bond motifs is 1. The van der Waals surface area contributed by atoms with Crippen LogP contribution in [0.4, 0.5) is 34.5 Å². The zero-order valence-electron chi connectivity index (χ0n) is 25.3. The fourth-order valence-electron chi connectivity index (χ4n) is 5.35. The van der Waals surface area contributed by atoms with E-state index in [-0.39, 0.29) is 29.1 Å². The monoisotopic (exact) mass is 631 g/mol. The minimum absolute atomic E-state index is 0.244. The second-order valence-corrected chi connectivity index (χ2v) is 13.3. The SMILES string of the molecule is COc1cc(N2CCC(N(C)C)CC2)c(C)cc1Nc1ncc(Cl)c(Nc2ccc3c(c2N(C)S(C)(=O)=O)OCCO3)n1. The predicted octanol–water partition coefficient (Wildman–Crippen LogP) is 4.63. The number of aromatic nitrogens is 2. The summed E-state index contributed by atoms with van der Waals surface area (Å²) in [4.78, 5) is 13.7. The van der Waals surface area contributed by atoms with Gasteiger partial charge in [0.2, 0.25) is 16.0 Å². The molecular weight excluding hydrogens is 594 g/mol. The van der Waals surface area contributed by atoms with Crippen LogP contribution in [0.3, 0.4) is 0 Å². The number of halogens is 1. The number of piperidine rings is 1. The second-order valence-electron chi connectivity index (χ2n) is 10.9. The maximum Gasteiger partial charge on any atom is 0.232 e. The summed E-state index contributed by atoms with van der Waals surface area (Å²) < 4.78 is 43.4. The Morgan fingerprint density at radius 3 is 2.47 bits per heavy atom. The molecule has 5 rings (SSSR count). The first kappa shape index (κ1) is 30.8. The van der Waals surface area contributed by atoms with E-state index >= 15 is 0 Å². The van der Waals surface area contributed by atoms with E-state index in [9.17, 15) is 8.42 Å². The van der Waals surface area contributed by atoms with Gasteiger partial charge in [-0.25, -0.2) is 13.4 Å². The molecule has 2 N–H and O–H groups in total. The molecule has 232 valence electrons. The molecule has 0 aliphatic carbocycles. The summed E-state index contributed by atoms with van der Waals surface area (Å²) in [6, 6.07) is 8.07. The first-order valence-electron chi connectivity index (χ1n) is 14.0. The van der Waals surface area contributed by atoms with Crippen molar-refractivity contribution in [1.29, 1.82) is 0 Å². The highest BCUT2D eigenvalue weighted by molar-refractivity contribution is 7.92. The van der Waals surface area contributed by atoms with E-state index in [2.05, 4.69) is 51.4 Å². The largest absolute Gasteiger partial charge is 0.494 e. The van der Waals surface area contributed by atoms with Crippen LogP contribution in [0.5, 0.6) is 17.2 Å². The lowest BCUT2D eigenvalue weighted by Crippen LogP contribution is -2.42. The molecule has 2 aromatic carbocycles. The lowest BCUT2D eigenvalue weighted by atomic mass is 10.0. The van der Waals surface area contributed by atoms with Crippen molar-refractivity contribution in [3.05, 3.63) is 41.0 Å². The summed E-state index contributed by atoms with van der Waals surface area (Å²) >= 11 is 6.50. The van der Waals surface area contributed by atoms with E-state index in [4.69, 9.17) is 25.8 Å². The van der Waals surface area contributed by atoms with Crippen molar-refractivity contribution >= 4 is 56.1 Å². The van der Waals surface area contributed by atoms with E-state index in [0.29, 0.717) is 41.3 Å². The Hall–Kier alpha value is -3.68. The molecule has 2 aliphatic rings. The number of methoxy groups -OCH3 is 1. The van der Waals surface area contributed by atoms with Crippen molar-refractivity contribution in [2.45, 2.75) is 25.8 Å². The minimum atomic E-state index is -3.63. The number of benzene rings is 2. The van der Waals surface area contributed by atoms with Crippen LogP contribution in [0.2, 0.25) is 5.02 Å². The average molecular weight is 632 g/mol. The highest BCUT2D eigenvalue weighted by Crippen LogP contribution is 2.46. The van der Waals surface area contributed by atoms with E-state index in [0.717, 1.165) is 47.7 Å². The van der Waals surface area contributed by atoms with E-state index in [1.807, 2.05) is 12.1 Å². The van der Waals surface area contributed by atoms with Gasteiger partial charge < -0.3 is 34.6 Å². The fourth-order valence-corrected chi connectivity index (χ4v) is 6.00. The zero-order valence-corrected chi connectivity index (χ0v) is 26.8. The van der Waals surface area contributed by atoms with Crippen LogP contribution in [-0.2, 0) is 10.0 Å². The number of hydrogen-bond donors (Lipinski definition) is 2. The number of nitrogens with zero attached hydrogens (tertiary/aromatic N) is 5. The second kappa shape index (κ2) is 12.5. The summed E-state index contributed by atoms with van der Waals surface area (Å²) in [5.41, 5.74) is 3.65. The van der Waals surface area contributed by atoms with Gasteiger partial charge in [-0.15, -0.1) is 0 Å². The van der Waals surface area contributed by atoms with Crippen molar-refractivity contribution in [3.8, 4) is 17.2 Å². The highest BCUT2D eigenvalue weighted by atomic mass is 35.5. The first-order chi connectivity index (χ1) is 20.5. The van der Waals surface area contributed by atoms with Gasteiger partial charge in [-0.2, -0.15) is 4.98 Å². The van der Waals surface area contributed by atoms with Crippen LogP contribution < -0.4 is 34.0 Å². The average Bonchev–Trinajstić information content (AvgIpc) is 2.98. The molecule has 1 aromatic heterocycles. The van der Waals surface area contributed by atoms with Gasteiger partial charge >= 0.3 is 0 Å². The van der Waals surface area contributed by atoms with Gasteiger partial charge in [0.15, 0.2) is 17.3 Å². The highest BCUT2D eigenvalue weighted by Gasteiger charge is 2.27. The molecule has 0 atom stereocenters. The summed E-state index contributed by atoms with van der Waals surface area (Å²) in [5, 5.41) is 6.67. The van der Waals surface area contributed by atoms with Crippen LogP contribution >= 0.6 is 11.6 Å². The summed E-state index contributed by atoms with van der Waals surface area (Å²) in [7, 11) is 3.72. The van der Waals surface area contributed by atoms with E-state index in [1.54, 1.807) is 19.2 Å². The molecule has 14 heteroatoms. The maximum absolute atomic E-state index is 12.5. The minimum Gasteiger partial charge on any atom is -0.494 e. The van der Waals surface area contributed by atoms with Crippen molar-refractivity contribution < 1.29 is 22.6 Å². The van der Waals surface area contributed by atoms with Crippen molar-refractivity contribution in [1.82, 2.24) is 14.9 Å². The van der Waals surface area contributed by atoms with Crippen LogP contribution in [0.15, 0.2) is 30.5 Å². The number of hydrogen-bond acceptors (Lipinski definition) is 11. The molecule has 0 spiro atoms. The molecule has 0 bridgehead atoms. The van der Waals surface area contributed by atoms with Gasteiger partial charge in [-0.3, -0.25) is 4.31 Å². The Balaban J connectivity index is 1.42. The number of aryl methyl sites for hydroxylation is 1. The number of anilines is 6. The van der Waals surface area contributed by atoms with Crippen LogP contribution in [0.1, 0.15) is 18.4 Å². The normalized spacial score (nSPS) is 15.4. The molecule has 0 unspecified atom stereocenters. The molecule has 1 fully saturated rings. The molecular formula is C29H38ClN7O5S. The van der Waals surface area contributed by atoms with Gasteiger partial charge in [-0.1, -0.05) is 11.6 Å². The fraction of sp³-hybridized carbons (Fsp3) is 0.448. The number of nitrogens with one attached hydrogen (secondary N) is 2. The molecule has 3 heterocycles. The molecule has 2 aliphatic heterocycles. The topological polar surface area (TPSA) is 121 Å². The third kappa shape index (κ3) is 6.63. The molecule has 0 radical (unpaired) electrons. The Morgan fingerprint density at radius 2 is 1.79 bits per heavy atom. The Morgan fingerprint density at radius 1 is 1.07 bits per heavy atom. The third-order valence-corrected chi connectivity index (χ3v) is 9.25. The Labute approximate surface area is 258 Å². The summed E-state index contributed by atoms with van der Waals surface area (Å²) in [6.07, 6.45) is 4.80. The first-order valence-corrected chi connectivity index (χ1v) is 16.2. The molecule has 1 saturated heterocycles. The zero-order chi connectivity index (χ0) is 30.9. The Kier molecular flexibility index (Phi) is 8.95. The third-order valence-electron chi connectivity index (χ3n) is 7.79. The van der Waals surface area contributed by atoms with Crippen molar-refractivity contribution in [2.75, 3.05) is 80.7 Å². The summed E-state index contributed by atoms with van der Waals surface area (Å²) in [5.74, 6) is 1.98. The maximum atomic E-state index is 12.5. The quantitative estimate of drug-likeness (QED) is 0.344. The van der Waals surface area contributed by atoms with Crippen LogP contribution in [0.25, 0.3) is 0 Å². The van der Waals surface area contributed by atoms with Crippen LogP contribution in [-0.4, -0.2) is 90.1 Å². The van der Waals surface area contributed by atoms with Gasteiger partial charge in [0.1, 0.15) is 29.7 Å². The lowest BCUT2D eigenvalue weighted by molar-refractivity contribution is 0.172. The van der Waals surface area contributed by atoms with Crippen LogP contribution in [0, 0.1) is 6.92 Å². The molecule has 3 aromatic rings. The number of rotatable bonds is 9. The van der Waals surface area contributed by atoms with Gasteiger partial charge in [-0.05, 0) is 57.6 Å². The Bertz CT molecular complexity index is 1600. The van der Waals surface area contributed by atoms with E-state index in [1.165, 1.54) is 13.2 Å². The molecule has 0 amide bonds. The van der Waals surface area contributed by atoms with Crippen molar-refractivity contribution in [3.63, 3.8) is 0 Å². The molecule has 0 saturated carbocycles. The van der Waals surface area contributed by atoms with E-state index < -0.39 is 10.0 Å². The standard InChI is InChI=1S/C29H38ClN7O5S/c1-18-15-22(25(40-5)16-23(18)37-11-9-19(10-12-37)35(2)3)33-29-31-17-20(30)28(34-29)32-21-7-8-24-27(42-14-13-41-24)26(21)36(4)43(6,38)39/h7-8,15-17,19H,9-14H2,1-6H3,(H2,31,32,33,34). The van der Waals surface area contributed by atoms with Gasteiger partial charge in [0.05, 0.1) is 30.9 Å². The lowest BCUT2D eigenvalue weighted by Gasteiger charge is -2.37. The smallest absolute Gasteiger partial charge is 0.232 e. The summed E-state index contributed by atoms with van der Waals surface area (Å²) in [6.45, 7) is 4.69. The number of sulfonamides is 1. The number of ether oxygens (including phenoxy) is 3. The molecule has 43 heavy (non-hydrogen) atoms. The van der Waals surface area contributed by atoms with Gasteiger partial charge in [0, 0.05) is 37.9 Å².